The lowest BCUT2D eigenvalue weighted by Gasteiger charge is -2.09. The highest BCUT2D eigenvalue weighted by atomic mass is 35.6. The quantitative estimate of drug-likeness (QED) is 0.668. The summed E-state index contributed by atoms with van der Waals surface area (Å²) in [7, 11) is 0. The van der Waals surface area contributed by atoms with Crippen LogP contribution in [0.15, 0.2) is 24.3 Å². The summed E-state index contributed by atoms with van der Waals surface area (Å²) >= 11 is 16.8. The van der Waals surface area contributed by atoms with Gasteiger partial charge in [0.15, 0.2) is 3.79 Å². The molecule has 65 valence electrons. The molecule has 0 aliphatic carbocycles. The van der Waals surface area contributed by atoms with Crippen LogP contribution in [-0.4, -0.2) is 3.79 Å². The van der Waals surface area contributed by atoms with Crippen molar-refractivity contribution in [1.29, 1.82) is 0 Å². The van der Waals surface area contributed by atoms with Gasteiger partial charge in [-0.25, -0.2) is 0 Å². The van der Waals surface area contributed by atoms with Crippen molar-refractivity contribution in [1.82, 2.24) is 0 Å². The second-order valence-corrected chi connectivity index (χ2v) is 5.04. The van der Waals surface area contributed by atoms with Crippen LogP contribution < -0.4 is 0 Å². The van der Waals surface area contributed by atoms with Crippen molar-refractivity contribution in [2.45, 2.75) is 16.6 Å². The zero-order valence-corrected chi connectivity index (χ0v) is 8.63. The van der Waals surface area contributed by atoms with Gasteiger partial charge < -0.3 is 0 Å². The Balaban J connectivity index is 2.44. The van der Waals surface area contributed by atoms with E-state index in [4.69, 9.17) is 34.8 Å². The molecule has 0 aliphatic heterocycles. The lowest BCUT2D eigenvalue weighted by Crippen LogP contribution is -2.03. The van der Waals surface area contributed by atoms with E-state index in [-0.39, 0.29) is 0 Å². The molecule has 1 aromatic carbocycles. The lowest BCUT2D eigenvalue weighted by molar-refractivity contribution is 0.851. The molecule has 0 unspecified atom stereocenters. The van der Waals surface area contributed by atoms with E-state index in [1.807, 2.05) is 24.3 Å². The highest BCUT2D eigenvalue weighted by Crippen LogP contribution is 2.31. The van der Waals surface area contributed by atoms with Crippen LogP contribution in [0.2, 0.25) is 0 Å². The van der Waals surface area contributed by atoms with E-state index in [0.29, 0.717) is 6.42 Å². The minimum absolute atomic E-state index is 0.537. The monoisotopic (exact) mass is 221 g/mol. The third-order valence-corrected chi connectivity index (χ3v) is 2.04. The second-order valence-electron chi connectivity index (χ2n) is 2.53. The third kappa shape index (κ3) is 4.20. The predicted molar refractivity (Wildman–Crippen MR) is 53.9 cm³/mol. The molecule has 0 saturated heterocycles. The standard InChI is InChI=1S/C9H8Cl3/c10-9(11,12)7-6-8-4-2-1-3-5-8/h1-2,4-5H,6-7H2. The third-order valence-electron chi connectivity index (χ3n) is 1.47. The number of halogens is 3. The highest BCUT2D eigenvalue weighted by Gasteiger charge is 2.18. The molecule has 0 nitrogen and oxygen atoms in total. The molecule has 1 radical (unpaired) electrons. The zero-order chi connectivity index (χ0) is 9.03. The van der Waals surface area contributed by atoms with Crippen molar-refractivity contribution >= 4 is 34.8 Å². The SMILES string of the molecule is ClC(Cl)(Cl)CCc1c[c]ccc1. The van der Waals surface area contributed by atoms with Crippen molar-refractivity contribution in [3.63, 3.8) is 0 Å². The molecule has 0 amide bonds. The number of hydrogen-bond donors (Lipinski definition) is 0. The zero-order valence-electron chi connectivity index (χ0n) is 6.36. The van der Waals surface area contributed by atoms with Crippen LogP contribution in [0.5, 0.6) is 0 Å². The summed E-state index contributed by atoms with van der Waals surface area (Å²) in [4.78, 5) is 0. The first-order valence-corrected chi connectivity index (χ1v) is 4.73. The van der Waals surface area contributed by atoms with Gasteiger partial charge in [0.2, 0.25) is 0 Å². The van der Waals surface area contributed by atoms with Crippen molar-refractivity contribution < 1.29 is 0 Å². The smallest absolute Gasteiger partial charge is 0.0837 e. The molecule has 3 heteroatoms. The van der Waals surface area contributed by atoms with Crippen molar-refractivity contribution in [3.05, 3.63) is 35.9 Å². The Kier molecular flexibility index (Phi) is 3.70. The average Bonchev–Trinajstić information content (AvgIpc) is 2.02. The molecular formula is C9H8Cl3. The van der Waals surface area contributed by atoms with Crippen LogP contribution in [0.4, 0.5) is 0 Å². The van der Waals surface area contributed by atoms with Crippen LogP contribution in [0, 0.1) is 6.07 Å². The molecule has 0 saturated carbocycles. The molecule has 0 heterocycles. The number of benzene rings is 1. The lowest BCUT2D eigenvalue weighted by atomic mass is 10.1. The Hall–Kier alpha value is 0.0900. The van der Waals surface area contributed by atoms with Crippen LogP contribution in [-0.2, 0) is 6.42 Å². The van der Waals surface area contributed by atoms with Crippen molar-refractivity contribution in [2.75, 3.05) is 0 Å². The van der Waals surface area contributed by atoms with E-state index in [1.165, 1.54) is 0 Å². The summed E-state index contributed by atoms with van der Waals surface area (Å²) in [5.41, 5.74) is 1.14. The van der Waals surface area contributed by atoms with Crippen LogP contribution in [0.3, 0.4) is 0 Å². The van der Waals surface area contributed by atoms with E-state index in [2.05, 4.69) is 6.07 Å². The van der Waals surface area contributed by atoms with Gasteiger partial charge in [0.1, 0.15) is 0 Å². The van der Waals surface area contributed by atoms with Crippen molar-refractivity contribution in [3.8, 4) is 0 Å². The molecule has 0 spiro atoms. The largest absolute Gasteiger partial charge is 0.190 e. The predicted octanol–water partition coefficient (Wildman–Crippen LogP) is 3.79. The molecular weight excluding hydrogens is 214 g/mol. The number of alkyl halides is 3. The van der Waals surface area contributed by atoms with Gasteiger partial charge in [-0.15, -0.1) is 0 Å². The molecule has 1 aromatic rings. The van der Waals surface area contributed by atoms with Gasteiger partial charge in [-0.05, 0) is 24.5 Å². The first kappa shape index (κ1) is 10.2. The Bertz CT molecular complexity index is 225. The number of hydrogen-bond acceptors (Lipinski definition) is 0. The fourth-order valence-electron chi connectivity index (χ4n) is 0.872. The summed E-state index contributed by atoms with van der Waals surface area (Å²) in [5.74, 6) is 0. The van der Waals surface area contributed by atoms with E-state index in [1.54, 1.807) is 0 Å². The molecule has 0 fully saturated rings. The second kappa shape index (κ2) is 4.36. The van der Waals surface area contributed by atoms with Crippen LogP contribution in [0.1, 0.15) is 12.0 Å². The Morgan fingerprint density at radius 1 is 1.33 bits per heavy atom. The maximum Gasteiger partial charge on any atom is 0.190 e. The van der Waals surface area contributed by atoms with Gasteiger partial charge in [-0.1, -0.05) is 59.1 Å². The first-order valence-electron chi connectivity index (χ1n) is 3.60. The van der Waals surface area contributed by atoms with E-state index in [0.717, 1.165) is 12.0 Å². The summed E-state index contributed by atoms with van der Waals surface area (Å²) in [6, 6.07) is 10.6. The molecule has 0 aliphatic rings. The summed E-state index contributed by atoms with van der Waals surface area (Å²) in [6.45, 7) is 0. The first-order chi connectivity index (χ1) is 5.58. The normalized spacial score (nSPS) is 11.6. The Morgan fingerprint density at radius 3 is 2.58 bits per heavy atom. The number of aryl methyl sites for hydroxylation is 1. The summed E-state index contributed by atoms with van der Waals surface area (Å²) < 4.78 is -1.14. The molecule has 12 heavy (non-hydrogen) atoms. The maximum absolute atomic E-state index is 5.60. The van der Waals surface area contributed by atoms with Crippen LogP contribution >= 0.6 is 34.8 Å². The molecule has 0 aromatic heterocycles. The fraction of sp³-hybridized carbons (Fsp3) is 0.333. The van der Waals surface area contributed by atoms with E-state index in [9.17, 15) is 0 Å². The maximum atomic E-state index is 5.60. The van der Waals surface area contributed by atoms with Gasteiger partial charge in [-0.3, -0.25) is 0 Å². The Labute approximate surface area is 87.4 Å². The van der Waals surface area contributed by atoms with Gasteiger partial charge in [-0.2, -0.15) is 0 Å². The fourth-order valence-corrected chi connectivity index (χ4v) is 1.16. The van der Waals surface area contributed by atoms with E-state index < -0.39 is 3.79 Å². The summed E-state index contributed by atoms with van der Waals surface area (Å²) in [6.07, 6.45) is 1.31. The summed E-state index contributed by atoms with van der Waals surface area (Å²) in [5, 5.41) is 0. The Morgan fingerprint density at radius 2 is 2.08 bits per heavy atom. The van der Waals surface area contributed by atoms with Crippen LogP contribution in [0.25, 0.3) is 0 Å². The van der Waals surface area contributed by atoms with E-state index >= 15 is 0 Å². The molecule has 0 atom stereocenters. The average molecular weight is 223 g/mol. The molecule has 0 N–H and O–H groups in total. The minimum atomic E-state index is -1.14. The topological polar surface area (TPSA) is 0 Å². The van der Waals surface area contributed by atoms with Gasteiger partial charge in [0.05, 0.1) is 0 Å². The molecule has 0 bridgehead atoms. The van der Waals surface area contributed by atoms with Crippen molar-refractivity contribution in [2.24, 2.45) is 0 Å². The molecule has 1 rings (SSSR count). The van der Waals surface area contributed by atoms with Gasteiger partial charge in [0, 0.05) is 0 Å². The van der Waals surface area contributed by atoms with Gasteiger partial charge >= 0.3 is 0 Å². The minimum Gasteiger partial charge on any atom is -0.0837 e. The highest BCUT2D eigenvalue weighted by molar-refractivity contribution is 6.67. The number of rotatable bonds is 2. The van der Waals surface area contributed by atoms with Gasteiger partial charge in [0.25, 0.3) is 0 Å².